The van der Waals surface area contributed by atoms with Gasteiger partial charge in [-0.1, -0.05) is 24.3 Å². The van der Waals surface area contributed by atoms with Crippen LogP contribution in [-0.4, -0.2) is 23.8 Å². The Morgan fingerprint density at radius 3 is 3.06 bits per heavy atom. The highest BCUT2D eigenvalue weighted by Crippen LogP contribution is 2.39. The molecule has 1 aromatic carbocycles. The first-order valence-electron chi connectivity index (χ1n) is 6.78. The van der Waals surface area contributed by atoms with Gasteiger partial charge in [0.05, 0.1) is 5.60 Å². The highest BCUT2D eigenvalue weighted by atomic mass is 16.3. The van der Waals surface area contributed by atoms with Crippen LogP contribution < -0.4 is 5.32 Å². The third kappa shape index (κ3) is 2.24. The van der Waals surface area contributed by atoms with Crippen LogP contribution in [0.3, 0.4) is 0 Å². The number of fused-ring (bicyclic) bond motifs is 1. The van der Waals surface area contributed by atoms with E-state index in [9.17, 15) is 5.11 Å². The number of benzene rings is 1. The Labute approximate surface area is 103 Å². The molecule has 17 heavy (non-hydrogen) atoms. The molecular formula is C15H21NO. The van der Waals surface area contributed by atoms with E-state index in [4.69, 9.17) is 0 Å². The standard InChI is InChI=1S/C15H21NO/c17-15(8-3-9-16-11-15)10-13-7-6-12-4-1-2-5-14(12)13/h1-2,4-5,13,16-17H,3,6-11H2. The van der Waals surface area contributed by atoms with E-state index < -0.39 is 5.60 Å². The van der Waals surface area contributed by atoms with E-state index >= 15 is 0 Å². The molecule has 2 heteroatoms. The summed E-state index contributed by atoms with van der Waals surface area (Å²) in [6.07, 6.45) is 5.38. The summed E-state index contributed by atoms with van der Waals surface area (Å²) in [5.41, 5.74) is 2.50. The van der Waals surface area contributed by atoms with Crippen molar-refractivity contribution in [2.45, 2.75) is 43.6 Å². The van der Waals surface area contributed by atoms with Crippen LogP contribution in [-0.2, 0) is 6.42 Å². The Kier molecular flexibility index (Phi) is 2.93. The van der Waals surface area contributed by atoms with Gasteiger partial charge in [0.1, 0.15) is 0 Å². The molecule has 1 heterocycles. The Morgan fingerprint density at radius 2 is 2.24 bits per heavy atom. The monoisotopic (exact) mass is 231 g/mol. The van der Waals surface area contributed by atoms with Crippen molar-refractivity contribution < 1.29 is 5.11 Å². The van der Waals surface area contributed by atoms with Gasteiger partial charge in [0, 0.05) is 6.54 Å². The zero-order chi connectivity index (χ0) is 11.7. The fourth-order valence-electron chi connectivity index (χ4n) is 3.44. The van der Waals surface area contributed by atoms with Gasteiger partial charge in [-0.3, -0.25) is 0 Å². The highest BCUT2D eigenvalue weighted by Gasteiger charge is 2.34. The molecule has 2 N–H and O–H groups in total. The molecule has 0 saturated carbocycles. The van der Waals surface area contributed by atoms with Crippen LogP contribution in [0.15, 0.2) is 24.3 Å². The Morgan fingerprint density at radius 1 is 1.35 bits per heavy atom. The summed E-state index contributed by atoms with van der Waals surface area (Å²) >= 11 is 0. The summed E-state index contributed by atoms with van der Waals surface area (Å²) < 4.78 is 0. The van der Waals surface area contributed by atoms with E-state index in [0.717, 1.165) is 32.4 Å². The van der Waals surface area contributed by atoms with Gasteiger partial charge in [-0.25, -0.2) is 0 Å². The average molecular weight is 231 g/mol. The van der Waals surface area contributed by atoms with Gasteiger partial charge in [-0.15, -0.1) is 0 Å². The van der Waals surface area contributed by atoms with Crippen molar-refractivity contribution in [2.24, 2.45) is 0 Å². The number of nitrogens with one attached hydrogen (secondary N) is 1. The van der Waals surface area contributed by atoms with Crippen molar-refractivity contribution in [3.05, 3.63) is 35.4 Å². The Bertz CT molecular complexity index is 396. The first-order valence-corrected chi connectivity index (χ1v) is 6.78. The third-order valence-electron chi connectivity index (χ3n) is 4.33. The predicted molar refractivity (Wildman–Crippen MR) is 69.2 cm³/mol. The van der Waals surface area contributed by atoms with Crippen molar-refractivity contribution >= 4 is 0 Å². The minimum Gasteiger partial charge on any atom is -0.389 e. The number of aryl methyl sites for hydroxylation is 1. The van der Waals surface area contributed by atoms with Crippen LogP contribution in [0.25, 0.3) is 0 Å². The SMILES string of the molecule is OC1(CC2CCc3ccccc32)CCCNC1. The summed E-state index contributed by atoms with van der Waals surface area (Å²) in [7, 11) is 0. The molecule has 0 amide bonds. The predicted octanol–water partition coefficient (Wildman–Crippen LogP) is 2.22. The van der Waals surface area contributed by atoms with Crippen molar-refractivity contribution in [2.75, 3.05) is 13.1 Å². The molecule has 3 rings (SSSR count). The lowest BCUT2D eigenvalue weighted by Gasteiger charge is -2.35. The minimum absolute atomic E-state index is 0.472. The Hall–Kier alpha value is -0.860. The summed E-state index contributed by atoms with van der Waals surface area (Å²) in [5.74, 6) is 0.566. The maximum absolute atomic E-state index is 10.6. The molecule has 0 radical (unpaired) electrons. The minimum atomic E-state index is -0.472. The smallest absolute Gasteiger partial charge is 0.0777 e. The van der Waals surface area contributed by atoms with Crippen LogP contribution in [0.4, 0.5) is 0 Å². The second-order valence-electron chi connectivity index (χ2n) is 5.64. The van der Waals surface area contributed by atoms with Crippen molar-refractivity contribution in [3.63, 3.8) is 0 Å². The van der Waals surface area contributed by atoms with Gasteiger partial charge < -0.3 is 10.4 Å². The van der Waals surface area contributed by atoms with Crippen LogP contribution in [0.5, 0.6) is 0 Å². The fourth-order valence-corrected chi connectivity index (χ4v) is 3.44. The van der Waals surface area contributed by atoms with Crippen LogP contribution in [0.2, 0.25) is 0 Å². The van der Waals surface area contributed by atoms with Crippen LogP contribution in [0, 0.1) is 0 Å². The van der Waals surface area contributed by atoms with E-state index in [1.165, 1.54) is 24.0 Å². The van der Waals surface area contributed by atoms with Gasteiger partial charge in [0.15, 0.2) is 0 Å². The average Bonchev–Trinajstić information content (AvgIpc) is 2.73. The van der Waals surface area contributed by atoms with Crippen molar-refractivity contribution in [3.8, 4) is 0 Å². The Balaban J connectivity index is 1.74. The van der Waals surface area contributed by atoms with E-state index in [1.54, 1.807) is 0 Å². The number of piperidine rings is 1. The quantitative estimate of drug-likeness (QED) is 0.818. The first kappa shape index (κ1) is 11.2. The third-order valence-corrected chi connectivity index (χ3v) is 4.33. The van der Waals surface area contributed by atoms with Crippen molar-refractivity contribution in [1.82, 2.24) is 5.32 Å². The molecule has 0 bridgehead atoms. The highest BCUT2D eigenvalue weighted by molar-refractivity contribution is 5.35. The lowest BCUT2D eigenvalue weighted by atomic mass is 9.82. The van der Waals surface area contributed by atoms with Gasteiger partial charge in [0.25, 0.3) is 0 Å². The molecule has 1 fully saturated rings. The number of hydrogen-bond acceptors (Lipinski definition) is 2. The number of hydrogen-bond donors (Lipinski definition) is 2. The largest absolute Gasteiger partial charge is 0.389 e. The van der Waals surface area contributed by atoms with Crippen molar-refractivity contribution in [1.29, 1.82) is 0 Å². The molecule has 2 nitrogen and oxygen atoms in total. The second kappa shape index (κ2) is 4.43. The van der Waals surface area contributed by atoms with E-state index in [2.05, 4.69) is 29.6 Å². The molecule has 92 valence electrons. The summed E-state index contributed by atoms with van der Waals surface area (Å²) in [5, 5.41) is 13.9. The molecular weight excluding hydrogens is 210 g/mol. The van der Waals surface area contributed by atoms with E-state index in [0.29, 0.717) is 5.92 Å². The summed E-state index contributed by atoms with van der Waals surface area (Å²) in [4.78, 5) is 0. The molecule has 2 atom stereocenters. The number of rotatable bonds is 2. The molecule has 0 aromatic heterocycles. The van der Waals surface area contributed by atoms with Crippen LogP contribution >= 0.6 is 0 Å². The fraction of sp³-hybridized carbons (Fsp3) is 0.600. The maximum Gasteiger partial charge on any atom is 0.0777 e. The van der Waals surface area contributed by atoms with Crippen LogP contribution in [0.1, 0.15) is 42.7 Å². The lowest BCUT2D eigenvalue weighted by molar-refractivity contribution is 0.00232. The van der Waals surface area contributed by atoms with Gasteiger partial charge in [0.2, 0.25) is 0 Å². The second-order valence-corrected chi connectivity index (χ2v) is 5.64. The molecule has 1 aromatic rings. The molecule has 2 aliphatic rings. The number of β-amino-alcohol motifs (C(OH)–C–C–N with tert-alkyl or cyclic N) is 1. The van der Waals surface area contributed by atoms with E-state index in [1.807, 2.05) is 0 Å². The van der Waals surface area contributed by atoms with Gasteiger partial charge in [-0.05, 0) is 55.7 Å². The molecule has 1 aliphatic carbocycles. The molecule has 1 saturated heterocycles. The van der Waals surface area contributed by atoms with Gasteiger partial charge >= 0.3 is 0 Å². The molecule has 1 aliphatic heterocycles. The summed E-state index contributed by atoms with van der Waals surface area (Å²) in [6, 6.07) is 8.73. The first-order chi connectivity index (χ1) is 8.27. The lowest BCUT2D eigenvalue weighted by Crippen LogP contribution is -2.46. The number of aliphatic hydroxyl groups is 1. The zero-order valence-corrected chi connectivity index (χ0v) is 10.3. The summed E-state index contributed by atoms with van der Waals surface area (Å²) in [6.45, 7) is 1.83. The topological polar surface area (TPSA) is 32.3 Å². The normalized spacial score (nSPS) is 32.4. The van der Waals surface area contributed by atoms with Gasteiger partial charge in [-0.2, -0.15) is 0 Å². The molecule has 2 unspecified atom stereocenters. The zero-order valence-electron chi connectivity index (χ0n) is 10.3. The molecule has 0 spiro atoms. The van der Waals surface area contributed by atoms with E-state index in [-0.39, 0.29) is 0 Å². The maximum atomic E-state index is 10.6.